The summed E-state index contributed by atoms with van der Waals surface area (Å²) >= 11 is 0. The summed E-state index contributed by atoms with van der Waals surface area (Å²) in [7, 11) is 0. The van der Waals surface area contributed by atoms with Gasteiger partial charge >= 0.3 is 0 Å². The van der Waals surface area contributed by atoms with Crippen molar-refractivity contribution < 1.29 is 9.84 Å². The molecular formula is C17H25NO2. The molecule has 0 radical (unpaired) electrons. The Labute approximate surface area is 121 Å². The molecule has 1 aliphatic heterocycles. The van der Waals surface area contributed by atoms with Gasteiger partial charge < -0.3 is 9.84 Å². The number of aliphatic hydroxyl groups excluding tert-OH is 1. The predicted molar refractivity (Wildman–Crippen MR) is 79.7 cm³/mol. The lowest BCUT2D eigenvalue weighted by Gasteiger charge is -2.37. The van der Waals surface area contributed by atoms with Crippen LogP contribution >= 0.6 is 0 Å². The summed E-state index contributed by atoms with van der Waals surface area (Å²) in [6, 6.07) is 11.3. The van der Waals surface area contributed by atoms with Crippen molar-refractivity contribution in [3.05, 3.63) is 35.9 Å². The SMILES string of the molecule is OC[C@H]1CC2OCCN(CCCc3ccccc3)[C@H]2C1. The lowest BCUT2D eigenvalue weighted by Crippen LogP contribution is -2.48. The van der Waals surface area contributed by atoms with Crippen molar-refractivity contribution in [3.63, 3.8) is 0 Å². The van der Waals surface area contributed by atoms with Crippen LogP contribution in [-0.2, 0) is 11.2 Å². The zero-order valence-electron chi connectivity index (χ0n) is 12.1. The van der Waals surface area contributed by atoms with E-state index in [0.717, 1.165) is 39.0 Å². The molecule has 3 rings (SSSR count). The molecule has 110 valence electrons. The summed E-state index contributed by atoms with van der Waals surface area (Å²) in [4.78, 5) is 2.59. The number of hydrogen-bond donors (Lipinski definition) is 1. The molecule has 3 atom stereocenters. The maximum absolute atomic E-state index is 9.35. The Kier molecular flexibility index (Phi) is 4.71. The van der Waals surface area contributed by atoms with Crippen LogP contribution in [0.25, 0.3) is 0 Å². The molecule has 3 nitrogen and oxygen atoms in total. The molecule has 1 aromatic carbocycles. The molecule has 20 heavy (non-hydrogen) atoms. The van der Waals surface area contributed by atoms with E-state index in [1.807, 2.05) is 0 Å². The standard InChI is InChI=1S/C17H25NO2/c19-13-15-11-16-17(12-15)20-10-9-18(16)8-4-7-14-5-2-1-3-6-14/h1-3,5-6,15-17,19H,4,7-13H2/t15-,16+,17?/m1/s1. The van der Waals surface area contributed by atoms with Gasteiger partial charge in [0, 0.05) is 19.2 Å². The second-order valence-corrected chi connectivity index (χ2v) is 6.12. The van der Waals surface area contributed by atoms with Crippen molar-refractivity contribution in [2.75, 3.05) is 26.3 Å². The smallest absolute Gasteiger partial charge is 0.0734 e. The third kappa shape index (κ3) is 3.22. The van der Waals surface area contributed by atoms with Crippen molar-refractivity contribution in [2.45, 2.75) is 37.8 Å². The number of aryl methyl sites for hydroxylation is 1. The third-order valence-corrected chi connectivity index (χ3v) is 4.76. The van der Waals surface area contributed by atoms with Crippen molar-refractivity contribution in [3.8, 4) is 0 Å². The van der Waals surface area contributed by atoms with E-state index < -0.39 is 0 Å². The average molecular weight is 275 g/mol. The van der Waals surface area contributed by atoms with Crippen LogP contribution in [0.5, 0.6) is 0 Å². The van der Waals surface area contributed by atoms with E-state index in [1.165, 1.54) is 12.0 Å². The fraction of sp³-hybridized carbons (Fsp3) is 0.647. The Hall–Kier alpha value is -0.900. The molecule has 1 aromatic rings. The summed E-state index contributed by atoms with van der Waals surface area (Å²) in [5.41, 5.74) is 1.43. The fourth-order valence-corrected chi connectivity index (χ4v) is 3.68. The molecule has 1 N–H and O–H groups in total. The highest BCUT2D eigenvalue weighted by atomic mass is 16.5. The van der Waals surface area contributed by atoms with Gasteiger partial charge in [-0.2, -0.15) is 0 Å². The van der Waals surface area contributed by atoms with Gasteiger partial charge in [-0.15, -0.1) is 0 Å². The Bertz CT molecular complexity index is 409. The molecule has 0 aromatic heterocycles. The lowest BCUT2D eigenvalue weighted by atomic mass is 10.1. The van der Waals surface area contributed by atoms with Crippen LogP contribution in [0.3, 0.4) is 0 Å². The van der Waals surface area contributed by atoms with E-state index in [0.29, 0.717) is 24.7 Å². The highest BCUT2D eigenvalue weighted by Crippen LogP contribution is 2.33. The number of fused-ring (bicyclic) bond motifs is 1. The second kappa shape index (κ2) is 6.70. The van der Waals surface area contributed by atoms with Crippen LogP contribution in [-0.4, -0.2) is 48.5 Å². The van der Waals surface area contributed by atoms with Crippen LogP contribution in [0.1, 0.15) is 24.8 Å². The maximum Gasteiger partial charge on any atom is 0.0734 e. The zero-order chi connectivity index (χ0) is 13.8. The van der Waals surface area contributed by atoms with Gasteiger partial charge in [0.1, 0.15) is 0 Å². The van der Waals surface area contributed by atoms with Crippen LogP contribution < -0.4 is 0 Å². The maximum atomic E-state index is 9.35. The summed E-state index contributed by atoms with van der Waals surface area (Å²) < 4.78 is 5.88. The first kappa shape index (κ1) is 14.1. The predicted octanol–water partition coefficient (Wildman–Crippen LogP) is 2.09. The summed E-state index contributed by atoms with van der Waals surface area (Å²) in [6.07, 6.45) is 4.86. The highest BCUT2D eigenvalue weighted by Gasteiger charge is 2.40. The zero-order valence-corrected chi connectivity index (χ0v) is 12.1. The van der Waals surface area contributed by atoms with Crippen molar-refractivity contribution in [1.29, 1.82) is 0 Å². The number of ether oxygens (including phenoxy) is 1. The van der Waals surface area contributed by atoms with E-state index in [1.54, 1.807) is 0 Å². The van der Waals surface area contributed by atoms with Gasteiger partial charge in [-0.25, -0.2) is 0 Å². The van der Waals surface area contributed by atoms with Gasteiger partial charge in [-0.3, -0.25) is 4.90 Å². The van der Waals surface area contributed by atoms with Gasteiger partial charge in [0.05, 0.1) is 12.7 Å². The molecule has 1 heterocycles. The van der Waals surface area contributed by atoms with E-state index in [4.69, 9.17) is 4.74 Å². The number of rotatable bonds is 5. The number of hydrogen-bond acceptors (Lipinski definition) is 3. The quantitative estimate of drug-likeness (QED) is 0.893. The van der Waals surface area contributed by atoms with E-state index >= 15 is 0 Å². The molecule has 2 fully saturated rings. The molecule has 2 aliphatic rings. The third-order valence-electron chi connectivity index (χ3n) is 4.76. The number of aliphatic hydroxyl groups is 1. The molecule has 1 saturated heterocycles. The number of morpholine rings is 1. The van der Waals surface area contributed by atoms with E-state index in [2.05, 4.69) is 35.2 Å². The van der Waals surface area contributed by atoms with Crippen molar-refractivity contribution in [1.82, 2.24) is 4.90 Å². The molecule has 3 heteroatoms. The number of benzene rings is 1. The number of nitrogens with zero attached hydrogens (tertiary/aromatic N) is 1. The monoisotopic (exact) mass is 275 g/mol. The molecule has 0 spiro atoms. The van der Waals surface area contributed by atoms with Crippen LogP contribution in [0.15, 0.2) is 30.3 Å². The first-order valence-electron chi connectivity index (χ1n) is 7.87. The Morgan fingerprint density at radius 1 is 1.20 bits per heavy atom. The van der Waals surface area contributed by atoms with E-state index in [-0.39, 0.29) is 0 Å². The molecule has 1 saturated carbocycles. The Morgan fingerprint density at radius 2 is 2.05 bits per heavy atom. The summed E-state index contributed by atoms with van der Waals surface area (Å²) in [5, 5.41) is 9.35. The van der Waals surface area contributed by atoms with Gasteiger partial charge in [0.15, 0.2) is 0 Å². The minimum atomic E-state index is 0.314. The van der Waals surface area contributed by atoms with Gasteiger partial charge in [0.2, 0.25) is 0 Å². The van der Waals surface area contributed by atoms with Crippen LogP contribution in [0.2, 0.25) is 0 Å². The first-order chi connectivity index (χ1) is 9.86. The molecule has 1 aliphatic carbocycles. The summed E-state index contributed by atoms with van der Waals surface area (Å²) in [6.45, 7) is 3.37. The van der Waals surface area contributed by atoms with Gasteiger partial charge in [0.25, 0.3) is 0 Å². The minimum absolute atomic E-state index is 0.314. The Morgan fingerprint density at radius 3 is 2.85 bits per heavy atom. The van der Waals surface area contributed by atoms with Gasteiger partial charge in [-0.05, 0) is 43.7 Å². The van der Waals surface area contributed by atoms with Crippen LogP contribution in [0, 0.1) is 5.92 Å². The largest absolute Gasteiger partial charge is 0.396 e. The normalized spacial score (nSPS) is 30.4. The van der Waals surface area contributed by atoms with Crippen molar-refractivity contribution >= 4 is 0 Å². The first-order valence-corrected chi connectivity index (χ1v) is 7.87. The minimum Gasteiger partial charge on any atom is -0.396 e. The Balaban J connectivity index is 1.49. The molecule has 0 bridgehead atoms. The molecular weight excluding hydrogens is 250 g/mol. The van der Waals surface area contributed by atoms with Crippen molar-refractivity contribution in [2.24, 2.45) is 5.92 Å². The fourth-order valence-electron chi connectivity index (χ4n) is 3.68. The average Bonchev–Trinajstić information content (AvgIpc) is 2.92. The van der Waals surface area contributed by atoms with E-state index in [9.17, 15) is 5.11 Å². The second-order valence-electron chi connectivity index (χ2n) is 6.12. The van der Waals surface area contributed by atoms with Crippen LogP contribution in [0.4, 0.5) is 0 Å². The molecule has 1 unspecified atom stereocenters. The highest BCUT2D eigenvalue weighted by molar-refractivity contribution is 5.14. The summed E-state index contributed by atoms with van der Waals surface area (Å²) in [5.74, 6) is 0.444. The van der Waals surface area contributed by atoms with Gasteiger partial charge in [-0.1, -0.05) is 30.3 Å². The lowest BCUT2D eigenvalue weighted by molar-refractivity contribution is -0.0559. The topological polar surface area (TPSA) is 32.7 Å². The molecule has 0 amide bonds.